The summed E-state index contributed by atoms with van der Waals surface area (Å²) in [6.45, 7) is 1.33. The number of halogens is 2. The van der Waals surface area contributed by atoms with Crippen molar-refractivity contribution in [1.29, 1.82) is 0 Å². The number of anilines is 2. The zero-order valence-corrected chi connectivity index (χ0v) is 10.2. The van der Waals surface area contributed by atoms with Gasteiger partial charge in [0.25, 0.3) is 0 Å². The van der Waals surface area contributed by atoms with E-state index in [1.54, 1.807) is 0 Å². The Kier molecular flexibility index (Phi) is 3.43. The van der Waals surface area contributed by atoms with Crippen LogP contribution in [0.5, 0.6) is 5.75 Å². The summed E-state index contributed by atoms with van der Waals surface area (Å²) in [5.41, 5.74) is 5.96. The summed E-state index contributed by atoms with van der Waals surface area (Å²) in [4.78, 5) is 10.8. The van der Waals surface area contributed by atoms with Gasteiger partial charge in [-0.2, -0.15) is 0 Å². The number of nitrogens with two attached hydrogens (primary N) is 1. The van der Waals surface area contributed by atoms with Gasteiger partial charge in [0.2, 0.25) is 5.91 Å². The third kappa shape index (κ3) is 2.21. The topological polar surface area (TPSA) is 75.4 Å². The highest BCUT2D eigenvalue weighted by molar-refractivity contribution is 14.1. The third-order valence-corrected chi connectivity index (χ3v) is 3.32. The normalized spacial score (nSPS) is 9.93. The van der Waals surface area contributed by atoms with E-state index in [4.69, 9.17) is 17.3 Å². The molecule has 0 aliphatic heterocycles. The first-order valence-electron chi connectivity index (χ1n) is 3.67. The SMILES string of the molecule is CC(=O)Nc1cc(Cl)c(I)c(N)c1O. The molecule has 0 radical (unpaired) electrons. The quantitative estimate of drug-likeness (QED) is 0.421. The lowest BCUT2D eigenvalue weighted by molar-refractivity contribution is -0.114. The minimum absolute atomic E-state index is 0.158. The third-order valence-electron chi connectivity index (χ3n) is 1.54. The molecule has 1 amide bonds. The smallest absolute Gasteiger partial charge is 0.221 e. The van der Waals surface area contributed by atoms with Crippen LogP contribution in [0.2, 0.25) is 5.02 Å². The molecule has 14 heavy (non-hydrogen) atoms. The molecule has 0 bridgehead atoms. The van der Waals surface area contributed by atoms with Crippen LogP contribution in [0.15, 0.2) is 6.07 Å². The van der Waals surface area contributed by atoms with E-state index in [9.17, 15) is 9.90 Å². The van der Waals surface area contributed by atoms with Crippen molar-refractivity contribution in [3.05, 3.63) is 14.7 Å². The van der Waals surface area contributed by atoms with Crippen LogP contribution in [0.1, 0.15) is 6.92 Å². The number of carbonyl (C=O) groups is 1. The van der Waals surface area contributed by atoms with Crippen LogP contribution in [0, 0.1) is 3.57 Å². The average molecular weight is 327 g/mol. The van der Waals surface area contributed by atoms with Gasteiger partial charge < -0.3 is 16.2 Å². The van der Waals surface area contributed by atoms with Crippen molar-refractivity contribution in [2.45, 2.75) is 6.92 Å². The lowest BCUT2D eigenvalue weighted by atomic mass is 10.2. The lowest BCUT2D eigenvalue weighted by Crippen LogP contribution is -2.07. The van der Waals surface area contributed by atoms with E-state index in [1.807, 2.05) is 22.6 Å². The molecule has 1 rings (SSSR count). The fourth-order valence-corrected chi connectivity index (χ4v) is 1.54. The molecule has 0 aliphatic carbocycles. The highest BCUT2D eigenvalue weighted by Gasteiger charge is 2.13. The van der Waals surface area contributed by atoms with Crippen LogP contribution >= 0.6 is 34.2 Å². The Hall–Kier alpha value is -0.690. The Bertz CT molecular complexity index is 395. The summed E-state index contributed by atoms with van der Waals surface area (Å²) in [7, 11) is 0. The van der Waals surface area contributed by atoms with Gasteiger partial charge in [-0.25, -0.2) is 0 Å². The fraction of sp³-hybridized carbons (Fsp3) is 0.125. The molecule has 0 unspecified atom stereocenters. The molecule has 6 heteroatoms. The first-order chi connectivity index (χ1) is 6.43. The minimum atomic E-state index is -0.294. The predicted molar refractivity (Wildman–Crippen MR) is 64.5 cm³/mol. The predicted octanol–water partition coefficient (Wildman–Crippen LogP) is 2.19. The molecule has 0 atom stereocenters. The van der Waals surface area contributed by atoms with E-state index >= 15 is 0 Å². The fourth-order valence-electron chi connectivity index (χ4n) is 0.921. The summed E-state index contributed by atoms with van der Waals surface area (Å²) >= 11 is 7.74. The van der Waals surface area contributed by atoms with E-state index in [1.165, 1.54) is 13.0 Å². The number of phenols is 1. The molecule has 1 aromatic carbocycles. The van der Waals surface area contributed by atoms with Crippen molar-refractivity contribution in [2.24, 2.45) is 0 Å². The number of nitrogens with one attached hydrogen (secondary N) is 1. The van der Waals surface area contributed by atoms with Gasteiger partial charge >= 0.3 is 0 Å². The highest BCUT2D eigenvalue weighted by atomic mass is 127. The molecule has 0 heterocycles. The van der Waals surface area contributed by atoms with Crippen molar-refractivity contribution in [2.75, 3.05) is 11.1 Å². The van der Waals surface area contributed by atoms with Crippen LogP contribution < -0.4 is 11.1 Å². The van der Waals surface area contributed by atoms with Gasteiger partial charge in [0.05, 0.1) is 20.0 Å². The van der Waals surface area contributed by atoms with Crippen molar-refractivity contribution in [3.63, 3.8) is 0 Å². The zero-order chi connectivity index (χ0) is 10.9. The zero-order valence-electron chi connectivity index (χ0n) is 7.27. The summed E-state index contributed by atoms with van der Waals surface area (Å²) < 4.78 is 0.566. The van der Waals surface area contributed by atoms with E-state index in [-0.39, 0.29) is 23.0 Å². The number of hydrogen-bond acceptors (Lipinski definition) is 3. The molecular weight excluding hydrogens is 318 g/mol. The van der Waals surface area contributed by atoms with Gasteiger partial charge in [0, 0.05) is 6.92 Å². The maximum absolute atomic E-state index is 10.8. The van der Waals surface area contributed by atoms with Crippen LogP contribution in [0.25, 0.3) is 0 Å². The summed E-state index contributed by atoms with van der Waals surface area (Å²) in [6, 6.07) is 1.45. The molecular formula is C8H8ClIN2O2. The summed E-state index contributed by atoms with van der Waals surface area (Å²) in [5.74, 6) is -0.453. The van der Waals surface area contributed by atoms with Crippen LogP contribution in [-0.4, -0.2) is 11.0 Å². The van der Waals surface area contributed by atoms with Gasteiger partial charge in [-0.3, -0.25) is 4.79 Å². The van der Waals surface area contributed by atoms with Gasteiger partial charge in [-0.1, -0.05) is 11.6 Å². The van der Waals surface area contributed by atoms with E-state index in [0.29, 0.717) is 8.59 Å². The lowest BCUT2D eigenvalue weighted by Gasteiger charge is -2.10. The molecule has 1 aromatic rings. The number of benzene rings is 1. The Balaban J connectivity index is 3.25. The van der Waals surface area contributed by atoms with Gasteiger partial charge in [-0.15, -0.1) is 0 Å². The number of carbonyl (C=O) groups excluding carboxylic acids is 1. The number of amides is 1. The molecule has 0 spiro atoms. The molecule has 0 aliphatic rings. The second-order valence-electron chi connectivity index (χ2n) is 2.66. The maximum Gasteiger partial charge on any atom is 0.221 e. The van der Waals surface area contributed by atoms with Crippen LogP contribution in [0.3, 0.4) is 0 Å². The average Bonchev–Trinajstić information content (AvgIpc) is 2.10. The Labute approximate surface area is 99.6 Å². The summed E-state index contributed by atoms with van der Waals surface area (Å²) in [5, 5.41) is 12.4. The van der Waals surface area contributed by atoms with Crippen molar-refractivity contribution < 1.29 is 9.90 Å². The van der Waals surface area contributed by atoms with E-state index in [0.717, 1.165) is 0 Å². The number of rotatable bonds is 1. The molecule has 76 valence electrons. The first kappa shape index (κ1) is 11.4. The second kappa shape index (κ2) is 4.22. The van der Waals surface area contributed by atoms with Gasteiger partial charge in [0.15, 0.2) is 5.75 Å². The van der Waals surface area contributed by atoms with Crippen molar-refractivity contribution >= 4 is 51.5 Å². The second-order valence-corrected chi connectivity index (χ2v) is 4.15. The number of nitrogen functional groups attached to an aromatic ring is 1. The number of hydrogen-bond donors (Lipinski definition) is 3. The monoisotopic (exact) mass is 326 g/mol. The molecule has 0 aromatic heterocycles. The number of aromatic hydroxyl groups is 1. The highest BCUT2D eigenvalue weighted by Crippen LogP contribution is 2.38. The van der Waals surface area contributed by atoms with Crippen LogP contribution in [-0.2, 0) is 4.79 Å². The first-order valence-corrected chi connectivity index (χ1v) is 5.13. The standard InChI is InChI=1S/C8H8ClIN2O2/c1-3(13)12-5-2-4(9)6(10)7(11)8(5)14/h2,14H,11H2,1H3,(H,12,13). The van der Waals surface area contributed by atoms with Crippen molar-refractivity contribution in [3.8, 4) is 5.75 Å². The molecule has 0 saturated heterocycles. The molecule has 4 nitrogen and oxygen atoms in total. The van der Waals surface area contributed by atoms with Crippen LogP contribution in [0.4, 0.5) is 11.4 Å². The maximum atomic E-state index is 10.8. The minimum Gasteiger partial charge on any atom is -0.504 e. The Morgan fingerprint density at radius 3 is 2.79 bits per heavy atom. The summed E-state index contributed by atoms with van der Waals surface area (Å²) in [6.07, 6.45) is 0. The van der Waals surface area contributed by atoms with Gasteiger partial charge in [-0.05, 0) is 28.7 Å². The molecule has 4 N–H and O–H groups in total. The molecule has 0 saturated carbocycles. The van der Waals surface area contributed by atoms with E-state index < -0.39 is 0 Å². The van der Waals surface area contributed by atoms with Gasteiger partial charge in [0.1, 0.15) is 0 Å². The Morgan fingerprint density at radius 1 is 1.71 bits per heavy atom. The number of phenolic OH excluding ortho intramolecular Hbond substituents is 1. The largest absolute Gasteiger partial charge is 0.504 e. The molecule has 0 fully saturated rings. The van der Waals surface area contributed by atoms with Crippen molar-refractivity contribution in [1.82, 2.24) is 0 Å². The van der Waals surface area contributed by atoms with E-state index in [2.05, 4.69) is 5.32 Å². The Morgan fingerprint density at radius 2 is 2.29 bits per heavy atom.